The normalized spacial score (nSPS) is 12.8. The Morgan fingerprint density at radius 3 is 2.40 bits per heavy atom. The lowest BCUT2D eigenvalue weighted by atomic mass is 10.3. The zero-order valence-corrected chi connectivity index (χ0v) is 10.3. The highest BCUT2D eigenvalue weighted by atomic mass is 19.4. The van der Waals surface area contributed by atoms with Crippen molar-refractivity contribution in [3.63, 3.8) is 0 Å². The Hall–Kier alpha value is -2.17. The maximum atomic E-state index is 12.1. The predicted octanol–water partition coefficient (Wildman–Crippen LogP) is 1.15. The van der Waals surface area contributed by atoms with E-state index in [1.165, 1.54) is 0 Å². The summed E-state index contributed by atoms with van der Waals surface area (Å²) in [6, 6.07) is 0. The van der Waals surface area contributed by atoms with Crippen LogP contribution in [-0.4, -0.2) is 45.4 Å². The maximum absolute atomic E-state index is 12.1. The number of alkyl halides is 3. The van der Waals surface area contributed by atoms with Crippen molar-refractivity contribution in [3.8, 4) is 0 Å². The first kappa shape index (κ1) is 15.9. The summed E-state index contributed by atoms with van der Waals surface area (Å²) in [4.78, 5) is 17.3. The molecule has 8 nitrogen and oxygen atoms in total. The van der Waals surface area contributed by atoms with Gasteiger partial charge in [-0.2, -0.15) is 13.2 Å². The molecule has 3 N–H and O–H groups in total. The van der Waals surface area contributed by atoms with Crippen LogP contribution in [0.1, 0.15) is 6.92 Å². The highest BCUT2D eigenvalue weighted by Gasteiger charge is 2.38. The van der Waals surface area contributed by atoms with Crippen LogP contribution in [0, 0.1) is 10.1 Å². The van der Waals surface area contributed by atoms with Crippen molar-refractivity contribution in [3.05, 3.63) is 16.4 Å². The molecule has 1 aromatic rings. The quantitative estimate of drug-likeness (QED) is 0.533. The lowest BCUT2D eigenvalue weighted by Gasteiger charge is -2.15. The molecule has 0 aliphatic rings. The summed E-state index contributed by atoms with van der Waals surface area (Å²) in [5.74, 6) is -0.513. The van der Waals surface area contributed by atoms with Crippen LogP contribution in [-0.2, 0) is 0 Å². The van der Waals surface area contributed by atoms with Gasteiger partial charge in [0.1, 0.15) is 6.33 Å². The SMILES string of the molecule is CCNc1ncnc(NCC(O)C(F)(F)F)c1[N+](=O)[O-]. The van der Waals surface area contributed by atoms with Gasteiger partial charge in [0.05, 0.1) is 11.5 Å². The summed E-state index contributed by atoms with van der Waals surface area (Å²) in [5, 5.41) is 24.4. The molecule has 1 atom stereocenters. The third-order valence-corrected chi connectivity index (χ3v) is 2.19. The number of anilines is 2. The smallest absolute Gasteiger partial charge is 0.382 e. The van der Waals surface area contributed by atoms with E-state index in [9.17, 15) is 23.3 Å². The maximum Gasteiger partial charge on any atom is 0.416 e. The van der Waals surface area contributed by atoms with Crippen LogP contribution in [0.2, 0.25) is 0 Å². The van der Waals surface area contributed by atoms with Crippen LogP contribution < -0.4 is 10.6 Å². The van der Waals surface area contributed by atoms with E-state index >= 15 is 0 Å². The van der Waals surface area contributed by atoms with Gasteiger partial charge in [-0.15, -0.1) is 0 Å². The second-order valence-electron chi connectivity index (χ2n) is 3.65. The van der Waals surface area contributed by atoms with Crippen molar-refractivity contribution in [1.29, 1.82) is 0 Å². The van der Waals surface area contributed by atoms with E-state index in [4.69, 9.17) is 5.11 Å². The van der Waals surface area contributed by atoms with Gasteiger partial charge in [0.15, 0.2) is 6.10 Å². The third-order valence-electron chi connectivity index (χ3n) is 2.19. The number of hydrogen-bond donors (Lipinski definition) is 3. The van der Waals surface area contributed by atoms with Gasteiger partial charge in [0, 0.05) is 6.54 Å². The summed E-state index contributed by atoms with van der Waals surface area (Å²) < 4.78 is 36.4. The van der Waals surface area contributed by atoms with Crippen LogP contribution in [0.5, 0.6) is 0 Å². The summed E-state index contributed by atoms with van der Waals surface area (Å²) >= 11 is 0. The van der Waals surface area contributed by atoms with E-state index in [-0.39, 0.29) is 5.82 Å². The fourth-order valence-electron chi connectivity index (χ4n) is 1.29. The molecule has 0 bridgehead atoms. The Labute approximate surface area is 111 Å². The molecule has 1 heterocycles. The summed E-state index contributed by atoms with van der Waals surface area (Å²) in [5.41, 5.74) is -0.580. The minimum absolute atomic E-state index is 0.114. The number of nitro groups is 1. The summed E-state index contributed by atoms with van der Waals surface area (Å²) in [6.45, 7) is 1.06. The summed E-state index contributed by atoms with van der Waals surface area (Å²) in [7, 11) is 0. The van der Waals surface area contributed by atoms with Gasteiger partial charge in [-0.05, 0) is 6.92 Å². The standard InChI is InChI=1S/C9H12F3N5O3/c1-2-13-7-6(17(19)20)8(16-4-15-7)14-3-5(18)9(10,11)12/h4-5,18H,2-3H2,1H3,(H2,13,14,15,16). The largest absolute Gasteiger partial charge is 0.416 e. The number of rotatable bonds is 6. The van der Waals surface area contributed by atoms with Crippen LogP contribution in [0.25, 0.3) is 0 Å². The highest BCUT2D eigenvalue weighted by molar-refractivity contribution is 5.69. The van der Waals surface area contributed by atoms with Gasteiger partial charge >= 0.3 is 11.9 Å². The van der Waals surface area contributed by atoms with Gasteiger partial charge in [0.25, 0.3) is 0 Å². The number of nitrogens with zero attached hydrogens (tertiary/aromatic N) is 3. The minimum atomic E-state index is -4.82. The Balaban J connectivity index is 2.95. The van der Waals surface area contributed by atoms with E-state index in [0.717, 1.165) is 6.33 Å². The molecule has 1 aromatic heterocycles. The average molecular weight is 295 g/mol. The monoisotopic (exact) mass is 295 g/mol. The molecule has 0 saturated carbocycles. The molecule has 0 aliphatic carbocycles. The average Bonchev–Trinajstić information content (AvgIpc) is 2.34. The van der Waals surface area contributed by atoms with Gasteiger partial charge in [-0.3, -0.25) is 10.1 Å². The molecule has 0 aliphatic heterocycles. The molecule has 0 aromatic carbocycles. The number of halogens is 3. The second-order valence-corrected chi connectivity index (χ2v) is 3.65. The van der Waals surface area contributed by atoms with Crippen molar-refractivity contribution < 1.29 is 23.2 Å². The fourth-order valence-corrected chi connectivity index (χ4v) is 1.29. The predicted molar refractivity (Wildman–Crippen MR) is 63.4 cm³/mol. The number of aliphatic hydroxyl groups is 1. The van der Waals surface area contributed by atoms with Crippen LogP contribution in [0.4, 0.5) is 30.5 Å². The second kappa shape index (κ2) is 6.32. The van der Waals surface area contributed by atoms with E-state index in [1.807, 2.05) is 0 Å². The molecule has 0 saturated heterocycles. The van der Waals surface area contributed by atoms with Crippen LogP contribution >= 0.6 is 0 Å². The Morgan fingerprint density at radius 1 is 1.40 bits per heavy atom. The number of aromatic nitrogens is 2. The molecule has 0 amide bonds. The van der Waals surface area contributed by atoms with E-state index in [0.29, 0.717) is 6.54 Å². The van der Waals surface area contributed by atoms with Crippen molar-refractivity contribution in [2.45, 2.75) is 19.2 Å². The third kappa shape index (κ3) is 3.91. The molecular weight excluding hydrogens is 283 g/mol. The van der Waals surface area contributed by atoms with E-state index in [1.54, 1.807) is 6.92 Å². The van der Waals surface area contributed by atoms with Crippen molar-refractivity contribution in [2.75, 3.05) is 23.7 Å². The first-order chi connectivity index (χ1) is 9.27. The number of hydrogen-bond acceptors (Lipinski definition) is 7. The lowest BCUT2D eigenvalue weighted by Crippen LogP contribution is -2.35. The highest BCUT2D eigenvalue weighted by Crippen LogP contribution is 2.29. The Kier molecular flexibility index (Phi) is 5.02. The summed E-state index contributed by atoms with van der Waals surface area (Å²) in [6.07, 6.45) is -6.51. The zero-order valence-electron chi connectivity index (χ0n) is 10.3. The fraction of sp³-hybridized carbons (Fsp3) is 0.556. The molecule has 11 heteroatoms. The van der Waals surface area contributed by atoms with Crippen molar-refractivity contribution in [1.82, 2.24) is 9.97 Å². The minimum Gasteiger partial charge on any atom is -0.382 e. The van der Waals surface area contributed by atoms with Crippen molar-refractivity contribution >= 4 is 17.3 Å². The van der Waals surface area contributed by atoms with Crippen molar-refractivity contribution in [2.24, 2.45) is 0 Å². The first-order valence-corrected chi connectivity index (χ1v) is 5.49. The van der Waals surface area contributed by atoms with Gasteiger partial charge in [-0.25, -0.2) is 9.97 Å². The number of aliphatic hydroxyl groups excluding tert-OH is 1. The Bertz CT molecular complexity index is 482. The molecule has 0 radical (unpaired) electrons. The Morgan fingerprint density at radius 2 is 1.95 bits per heavy atom. The molecular formula is C9H12F3N5O3. The topological polar surface area (TPSA) is 113 Å². The van der Waals surface area contributed by atoms with E-state index < -0.39 is 35.3 Å². The van der Waals surface area contributed by atoms with E-state index in [2.05, 4.69) is 20.6 Å². The zero-order chi connectivity index (χ0) is 15.3. The molecule has 1 unspecified atom stereocenters. The molecule has 0 fully saturated rings. The van der Waals surface area contributed by atoms with Gasteiger partial charge in [-0.1, -0.05) is 0 Å². The molecule has 1 rings (SSSR count). The molecule has 112 valence electrons. The van der Waals surface area contributed by atoms with Crippen LogP contribution in [0.3, 0.4) is 0 Å². The van der Waals surface area contributed by atoms with Crippen LogP contribution in [0.15, 0.2) is 6.33 Å². The molecule has 0 spiro atoms. The van der Waals surface area contributed by atoms with Gasteiger partial charge < -0.3 is 15.7 Å². The van der Waals surface area contributed by atoms with Gasteiger partial charge in [0.2, 0.25) is 11.6 Å². The first-order valence-electron chi connectivity index (χ1n) is 5.49. The lowest BCUT2D eigenvalue weighted by molar-refractivity contribution is -0.383. The number of nitrogens with one attached hydrogen (secondary N) is 2. The molecule has 20 heavy (non-hydrogen) atoms.